The van der Waals surface area contributed by atoms with E-state index < -0.39 is 5.97 Å². The average Bonchev–Trinajstić information content (AvgIpc) is 2.37. The molecule has 0 aliphatic carbocycles. The lowest BCUT2D eigenvalue weighted by Gasteiger charge is -2.24. The highest BCUT2D eigenvalue weighted by Gasteiger charge is 2.09. The first-order chi connectivity index (χ1) is 9.02. The Bertz CT molecular complexity index is 443. The van der Waals surface area contributed by atoms with E-state index in [2.05, 4.69) is 11.8 Å². The fraction of sp³-hybridized carbons (Fsp3) is 0.400. The number of methoxy groups -OCH3 is 1. The van der Waals surface area contributed by atoms with Gasteiger partial charge in [-0.1, -0.05) is 24.3 Å². The second kappa shape index (κ2) is 7.71. The van der Waals surface area contributed by atoms with Crippen molar-refractivity contribution in [2.24, 2.45) is 0 Å². The standard InChI is InChI=1S/C15H21NO3/c1-12(11-19-3)16(2)10-14-6-4-5-13(9-14)7-8-15(17)18/h4-9,12H,10-11H2,1-3H3,(H,17,18)/b8-7+. The molecule has 1 aromatic carbocycles. The van der Waals surface area contributed by atoms with Crippen molar-refractivity contribution in [2.45, 2.75) is 19.5 Å². The fourth-order valence-electron chi connectivity index (χ4n) is 1.77. The highest BCUT2D eigenvalue weighted by Crippen LogP contribution is 2.11. The van der Waals surface area contributed by atoms with Gasteiger partial charge in [0.2, 0.25) is 0 Å². The number of benzene rings is 1. The molecule has 0 aliphatic rings. The predicted molar refractivity (Wildman–Crippen MR) is 75.9 cm³/mol. The molecule has 1 N–H and O–H groups in total. The first-order valence-electron chi connectivity index (χ1n) is 6.22. The van der Waals surface area contributed by atoms with Gasteiger partial charge < -0.3 is 9.84 Å². The molecule has 0 saturated heterocycles. The Morgan fingerprint density at radius 3 is 2.89 bits per heavy atom. The minimum absolute atomic E-state index is 0.336. The van der Waals surface area contributed by atoms with E-state index in [9.17, 15) is 4.79 Å². The van der Waals surface area contributed by atoms with Crippen molar-refractivity contribution >= 4 is 12.0 Å². The maximum Gasteiger partial charge on any atom is 0.328 e. The van der Waals surface area contributed by atoms with Crippen molar-refractivity contribution in [3.63, 3.8) is 0 Å². The molecule has 0 aliphatic heterocycles. The van der Waals surface area contributed by atoms with E-state index in [-0.39, 0.29) is 0 Å². The van der Waals surface area contributed by atoms with Crippen molar-refractivity contribution in [1.82, 2.24) is 4.90 Å². The summed E-state index contributed by atoms with van der Waals surface area (Å²) < 4.78 is 5.13. The van der Waals surface area contributed by atoms with Crippen LogP contribution in [0.1, 0.15) is 18.1 Å². The van der Waals surface area contributed by atoms with Gasteiger partial charge in [-0.15, -0.1) is 0 Å². The van der Waals surface area contributed by atoms with Gasteiger partial charge in [-0.2, -0.15) is 0 Å². The largest absolute Gasteiger partial charge is 0.478 e. The average molecular weight is 263 g/mol. The molecule has 0 aromatic heterocycles. The smallest absolute Gasteiger partial charge is 0.328 e. The maximum atomic E-state index is 10.5. The Hall–Kier alpha value is -1.65. The number of ether oxygens (including phenoxy) is 1. The summed E-state index contributed by atoms with van der Waals surface area (Å²) in [5.74, 6) is -0.934. The van der Waals surface area contributed by atoms with E-state index in [1.165, 1.54) is 0 Å². The van der Waals surface area contributed by atoms with Crippen LogP contribution in [0.3, 0.4) is 0 Å². The minimum Gasteiger partial charge on any atom is -0.478 e. The lowest BCUT2D eigenvalue weighted by molar-refractivity contribution is -0.131. The summed E-state index contributed by atoms with van der Waals surface area (Å²) >= 11 is 0. The van der Waals surface area contributed by atoms with Crippen LogP contribution in [0.25, 0.3) is 6.08 Å². The number of hydrogen-bond donors (Lipinski definition) is 1. The number of likely N-dealkylation sites (N-methyl/N-ethyl adjacent to an activating group) is 1. The maximum absolute atomic E-state index is 10.5. The third-order valence-corrected chi connectivity index (χ3v) is 2.96. The molecule has 0 radical (unpaired) electrons. The van der Waals surface area contributed by atoms with Gasteiger partial charge in [0.25, 0.3) is 0 Å². The van der Waals surface area contributed by atoms with Crippen LogP contribution >= 0.6 is 0 Å². The molecule has 1 unspecified atom stereocenters. The highest BCUT2D eigenvalue weighted by molar-refractivity contribution is 5.85. The van der Waals surface area contributed by atoms with Crippen LogP contribution in [0, 0.1) is 0 Å². The Kier molecular flexibility index (Phi) is 6.25. The first kappa shape index (κ1) is 15.4. The van der Waals surface area contributed by atoms with Gasteiger partial charge in [-0.05, 0) is 31.2 Å². The number of aliphatic carboxylic acids is 1. The summed E-state index contributed by atoms with van der Waals surface area (Å²) in [4.78, 5) is 12.7. The van der Waals surface area contributed by atoms with Crippen molar-refractivity contribution in [3.05, 3.63) is 41.5 Å². The van der Waals surface area contributed by atoms with E-state index in [4.69, 9.17) is 9.84 Å². The molecule has 0 saturated carbocycles. The van der Waals surface area contributed by atoms with Gasteiger partial charge in [-0.25, -0.2) is 4.79 Å². The van der Waals surface area contributed by atoms with Crippen LogP contribution in [0.4, 0.5) is 0 Å². The molecule has 104 valence electrons. The Labute approximate surface area is 114 Å². The number of carboxylic acid groups (broad SMARTS) is 1. The molecule has 4 nitrogen and oxygen atoms in total. The minimum atomic E-state index is -0.934. The quantitative estimate of drug-likeness (QED) is 0.767. The number of nitrogens with zero attached hydrogens (tertiary/aromatic N) is 1. The van der Waals surface area contributed by atoms with Gasteiger partial charge in [0.1, 0.15) is 0 Å². The van der Waals surface area contributed by atoms with Crippen LogP contribution < -0.4 is 0 Å². The Balaban J connectivity index is 2.69. The summed E-state index contributed by atoms with van der Waals surface area (Å²) in [5.41, 5.74) is 2.05. The number of rotatable bonds is 7. The Morgan fingerprint density at radius 1 is 1.53 bits per heavy atom. The van der Waals surface area contributed by atoms with E-state index >= 15 is 0 Å². The van der Waals surface area contributed by atoms with Crippen molar-refractivity contribution in [1.29, 1.82) is 0 Å². The molecule has 1 rings (SSSR count). The zero-order valence-electron chi connectivity index (χ0n) is 11.7. The molecule has 1 aromatic rings. The third-order valence-electron chi connectivity index (χ3n) is 2.96. The molecule has 4 heteroatoms. The highest BCUT2D eigenvalue weighted by atomic mass is 16.5. The van der Waals surface area contributed by atoms with E-state index in [1.54, 1.807) is 13.2 Å². The van der Waals surface area contributed by atoms with Gasteiger partial charge >= 0.3 is 5.97 Å². The van der Waals surface area contributed by atoms with Crippen LogP contribution in [0.5, 0.6) is 0 Å². The van der Waals surface area contributed by atoms with Gasteiger partial charge in [0.05, 0.1) is 6.61 Å². The van der Waals surface area contributed by atoms with E-state index in [1.807, 2.05) is 31.3 Å². The zero-order valence-corrected chi connectivity index (χ0v) is 11.7. The Morgan fingerprint density at radius 2 is 2.26 bits per heavy atom. The molecule has 0 spiro atoms. The summed E-state index contributed by atoms with van der Waals surface area (Å²) in [7, 11) is 3.74. The van der Waals surface area contributed by atoms with E-state index in [0.29, 0.717) is 12.6 Å². The lowest BCUT2D eigenvalue weighted by atomic mass is 10.1. The first-order valence-corrected chi connectivity index (χ1v) is 6.22. The van der Waals surface area contributed by atoms with Crippen LogP contribution in [0.2, 0.25) is 0 Å². The summed E-state index contributed by atoms with van der Waals surface area (Å²) in [6.07, 6.45) is 2.75. The second-order valence-corrected chi connectivity index (χ2v) is 4.64. The number of hydrogen-bond acceptors (Lipinski definition) is 3. The fourth-order valence-corrected chi connectivity index (χ4v) is 1.77. The summed E-state index contributed by atoms with van der Waals surface area (Å²) in [6, 6.07) is 8.19. The van der Waals surface area contributed by atoms with Crippen molar-refractivity contribution in [2.75, 3.05) is 20.8 Å². The SMILES string of the molecule is COCC(C)N(C)Cc1cccc(/C=C/C(=O)O)c1. The topological polar surface area (TPSA) is 49.8 Å². The molecule has 0 fully saturated rings. The zero-order chi connectivity index (χ0) is 14.3. The molecule has 1 atom stereocenters. The molecule has 0 amide bonds. The normalized spacial score (nSPS) is 13.1. The van der Waals surface area contributed by atoms with E-state index in [0.717, 1.165) is 23.7 Å². The van der Waals surface area contributed by atoms with Crippen LogP contribution in [-0.2, 0) is 16.1 Å². The lowest BCUT2D eigenvalue weighted by Crippen LogP contribution is -2.32. The van der Waals surface area contributed by atoms with Gasteiger partial charge in [0, 0.05) is 25.8 Å². The van der Waals surface area contributed by atoms with Crippen LogP contribution in [-0.4, -0.2) is 42.8 Å². The number of carboxylic acids is 1. The summed E-state index contributed by atoms with van der Waals surface area (Å²) in [5, 5.41) is 8.61. The molecular weight excluding hydrogens is 242 g/mol. The van der Waals surface area contributed by atoms with Gasteiger partial charge in [0.15, 0.2) is 0 Å². The molecule has 0 heterocycles. The van der Waals surface area contributed by atoms with Crippen molar-refractivity contribution in [3.8, 4) is 0 Å². The predicted octanol–water partition coefficient (Wildman–Crippen LogP) is 2.25. The van der Waals surface area contributed by atoms with Gasteiger partial charge in [-0.3, -0.25) is 4.90 Å². The summed E-state index contributed by atoms with van der Waals surface area (Å²) in [6.45, 7) is 3.60. The second-order valence-electron chi connectivity index (χ2n) is 4.64. The molecule has 19 heavy (non-hydrogen) atoms. The third kappa shape index (κ3) is 5.68. The molecular formula is C15H21NO3. The monoisotopic (exact) mass is 263 g/mol. The van der Waals surface area contributed by atoms with Crippen LogP contribution in [0.15, 0.2) is 30.3 Å². The van der Waals surface area contributed by atoms with Crippen molar-refractivity contribution < 1.29 is 14.6 Å². The number of carbonyl (C=O) groups is 1. The molecule has 0 bridgehead atoms.